The van der Waals surface area contributed by atoms with Crippen LogP contribution in [-0.4, -0.2) is 36.8 Å². The molecule has 3 rings (SSSR count). The van der Waals surface area contributed by atoms with Crippen LogP contribution in [0.4, 0.5) is 5.69 Å². The lowest BCUT2D eigenvalue weighted by Crippen LogP contribution is -2.41. The third kappa shape index (κ3) is 4.38. The van der Waals surface area contributed by atoms with Crippen LogP contribution >= 0.6 is 23.2 Å². The largest absolute Gasteiger partial charge is 0.506 e. The number of halogens is 2. The number of piperidine rings is 1. The van der Waals surface area contributed by atoms with Crippen molar-refractivity contribution in [2.24, 2.45) is 5.92 Å². The number of nitrogens with zero attached hydrogens (tertiary/aromatic N) is 1. The van der Waals surface area contributed by atoms with Crippen LogP contribution < -0.4 is 5.32 Å². The highest BCUT2D eigenvalue weighted by molar-refractivity contribution is 7.89. The van der Waals surface area contributed by atoms with Gasteiger partial charge in [0.1, 0.15) is 10.6 Å². The number of benzene rings is 2. The molecule has 144 valence electrons. The molecule has 0 radical (unpaired) electrons. The number of hydrogen-bond acceptors (Lipinski definition) is 4. The van der Waals surface area contributed by atoms with E-state index in [4.69, 9.17) is 23.2 Å². The summed E-state index contributed by atoms with van der Waals surface area (Å²) >= 11 is 11.9. The Morgan fingerprint density at radius 2 is 1.78 bits per heavy atom. The molecule has 1 saturated heterocycles. The van der Waals surface area contributed by atoms with E-state index in [1.54, 1.807) is 18.2 Å². The van der Waals surface area contributed by atoms with Crippen LogP contribution in [0.25, 0.3) is 0 Å². The molecule has 0 aromatic heterocycles. The summed E-state index contributed by atoms with van der Waals surface area (Å²) < 4.78 is 27.0. The van der Waals surface area contributed by atoms with Gasteiger partial charge in [0.25, 0.3) is 0 Å². The molecule has 0 saturated carbocycles. The maximum absolute atomic E-state index is 12.8. The summed E-state index contributed by atoms with van der Waals surface area (Å²) in [5, 5.41) is 12.8. The number of phenols is 1. The monoisotopic (exact) mass is 428 g/mol. The van der Waals surface area contributed by atoms with Gasteiger partial charge in [-0.05, 0) is 43.2 Å². The van der Waals surface area contributed by atoms with Crippen molar-refractivity contribution >= 4 is 44.8 Å². The molecule has 1 aliphatic rings. The number of para-hydroxylation sites is 2. The minimum absolute atomic E-state index is 0.0125. The Bertz CT molecular complexity index is 958. The topological polar surface area (TPSA) is 86.7 Å². The predicted octanol–water partition coefficient (Wildman–Crippen LogP) is 3.74. The molecule has 1 heterocycles. The number of carbonyl (C=O) groups is 1. The molecule has 1 aliphatic heterocycles. The summed E-state index contributed by atoms with van der Waals surface area (Å²) in [6.45, 7) is 0.397. The summed E-state index contributed by atoms with van der Waals surface area (Å²) in [4.78, 5) is 12.4. The summed E-state index contributed by atoms with van der Waals surface area (Å²) in [6, 6.07) is 10.8. The lowest BCUT2D eigenvalue weighted by atomic mass is 9.97. The highest BCUT2D eigenvalue weighted by atomic mass is 35.5. The quantitative estimate of drug-likeness (QED) is 0.725. The minimum Gasteiger partial charge on any atom is -0.506 e. The molecule has 2 N–H and O–H groups in total. The summed E-state index contributed by atoms with van der Waals surface area (Å²) in [7, 11) is -3.78. The average Bonchev–Trinajstić information content (AvgIpc) is 2.65. The van der Waals surface area contributed by atoms with E-state index in [0.29, 0.717) is 18.5 Å². The minimum atomic E-state index is -3.78. The van der Waals surface area contributed by atoms with Gasteiger partial charge in [0, 0.05) is 24.0 Å². The number of nitrogens with one attached hydrogen (secondary N) is 1. The van der Waals surface area contributed by atoms with Crippen molar-refractivity contribution in [3.63, 3.8) is 0 Å². The maximum atomic E-state index is 12.8. The average molecular weight is 429 g/mol. The Morgan fingerprint density at radius 1 is 1.11 bits per heavy atom. The van der Waals surface area contributed by atoms with E-state index in [9.17, 15) is 18.3 Å². The number of carbonyl (C=O) groups excluding carboxylic acids is 1. The first-order chi connectivity index (χ1) is 12.8. The van der Waals surface area contributed by atoms with E-state index < -0.39 is 10.0 Å². The number of phenolic OH excluding ortho intramolecular Hbond substituents is 1. The molecule has 6 nitrogen and oxygen atoms in total. The Hall–Kier alpha value is -1.80. The van der Waals surface area contributed by atoms with Crippen LogP contribution in [0.2, 0.25) is 10.0 Å². The maximum Gasteiger partial charge on any atom is 0.244 e. The van der Waals surface area contributed by atoms with Crippen molar-refractivity contribution in [1.29, 1.82) is 0 Å². The van der Waals surface area contributed by atoms with Gasteiger partial charge < -0.3 is 10.4 Å². The van der Waals surface area contributed by atoms with Crippen molar-refractivity contribution in [3.05, 3.63) is 52.5 Å². The van der Waals surface area contributed by atoms with E-state index in [1.165, 1.54) is 28.6 Å². The second kappa shape index (κ2) is 8.06. The lowest BCUT2D eigenvalue weighted by molar-refractivity contribution is -0.120. The molecular weight excluding hydrogens is 411 g/mol. The fraction of sp³-hybridized carbons (Fsp3) is 0.278. The molecule has 0 atom stereocenters. The highest BCUT2D eigenvalue weighted by Gasteiger charge is 2.33. The zero-order valence-corrected chi connectivity index (χ0v) is 16.6. The van der Waals surface area contributed by atoms with E-state index in [2.05, 4.69) is 5.32 Å². The van der Waals surface area contributed by atoms with Gasteiger partial charge in [0.2, 0.25) is 15.9 Å². The van der Waals surface area contributed by atoms with Gasteiger partial charge in [-0.3, -0.25) is 4.79 Å². The first-order valence-electron chi connectivity index (χ1n) is 8.33. The van der Waals surface area contributed by atoms with Crippen molar-refractivity contribution in [1.82, 2.24) is 4.31 Å². The zero-order valence-electron chi connectivity index (χ0n) is 14.2. The summed E-state index contributed by atoms with van der Waals surface area (Å²) in [5.41, 5.74) is 0.336. The molecule has 0 unspecified atom stereocenters. The molecule has 1 fully saturated rings. The van der Waals surface area contributed by atoms with Crippen molar-refractivity contribution in [3.8, 4) is 5.75 Å². The van der Waals surface area contributed by atoms with Gasteiger partial charge in [-0.15, -0.1) is 0 Å². The molecule has 0 spiro atoms. The number of sulfonamides is 1. The Morgan fingerprint density at radius 3 is 2.44 bits per heavy atom. The van der Waals surface area contributed by atoms with Crippen LogP contribution in [0.3, 0.4) is 0 Å². The van der Waals surface area contributed by atoms with Crippen LogP contribution in [0.1, 0.15) is 12.8 Å². The second-order valence-electron chi connectivity index (χ2n) is 6.26. The first-order valence-corrected chi connectivity index (χ1v) is 10.5. The number of hydrogen-bond donors (Lipinski definition) is 2. The molecule has 2 aromatic rings. The Kier molecular flexibility index (Phi) is 5.95. The number of rotatable bonds is 4. The van der Waals surface area contributed by atoms with Gasteiger partial charge in [-0.25, -0.2) is 8.42 Å². The standard InChI is InChI=1S/C18H18Cl2N2O4S/c19-13-5-6-14(20)17(11-13)27(25,26)22-9-7-12(8-10-22)18(24)21-15-3-1-2-4-16(15)23/h1-6,11-12,23H,7-10H2,(H,21,24). The van der Waals surface area contributed by atoms with E-state index in [-0.39, 0.29) is 45.6 Å². The fourth-order valence-corrected chi connectivity index (χ4v) is 5.19. The molecule has 0 aliphatic carbocycles. The van der Waals surface area contributed by atoms with E-state index >= 15 is 0 Å². The molecule has 0 bridgehead atoms. The van der Waals surface area contributed by atoms with Crippen molar-refractivity contribution < 1.29 is 18.3 Å². The third-order valence-corrected chi connectivity index (χ3v) is 7.11. The third-order valence-electron chi connectivity index (χ3n) is 4.50. The van der Waals surface area contributed by atoms with Gasteiger partial charge >= 0.3 is 0 Å². The number of amides is 1. The van der Waals surface area contributed by atoms with Gasteiger partial charge in [0.05, 0.1) is 10.7 Å². The summed E-state index contributed by atoms with van der Waals surface area (Å²) in [5.74, 6) is -0.596. The SMILES string of the molecule is O=C(Nc1ccccc1O)C1CCN(S(=O)(=O)c2cc(Cl)ccc2Cl)CC1. The second-order valence-corrected chi connectivity index (χ2v) is 9.01. The van der Waals surface area contributed by atoms with Crippen LogP contribution in [0, 0.1) is 5.92 Å². The number of aromatic hydroxyl groups is 1. The van der Waals surface area contributed by atoms with Gasteiger partial charge in [0.15, 0.2) is 0 Å². The smallest absolute Gasteiger partial charge is 0.244 e. The number of anilines is 1. The lowest BCUT2D eigenvalue weighted by Gasteiger charge is -2.30. The summed E-state index contributed by atoms with van der Waals surface area (Å²) in [6.07, 6.45) is 0.744. The van der Waals surface area contributed by atoms with Crippen LogP contribution in [-0.2, 0) is 14.8 Å². The van der Waals surface area contributed by atoms with E-state index in [0.717, 1.165) is 0 Å². The molecule has 27 heavy (non-hydrogen) atoms. The fourth-order valence-electron chi connectivity index (χ4n) is 2.99. The van der Waals surface area contributed by atoms with Crippen LogP contribution in [0.15, 0.2) is 47.4 Å². The molecule has 2 aromatic carbocycles. The van der Waals surface area contributed by atoms with Crippen LogP contribution in [0.5, 0.6) is 5.75 Å². The Labute approximate surface area is 167 Å². The van der Waals surface area contributed by atoms with Crippen molar-refractivity contribution in [2.75, 3.05) is 18.4 Å². The van der Waals surface area contributed by atoms with Gasteiger partial charge in [-0.1, -0.05) is 35.3 Å². The molecular formula is C18H18Cl2N2O4S. The van der Waals surface area contributed by atoms with E-state index in [1.807, 2.05) is 0 Å². The predicted molar refractivity (Wildman–Crippen MR) is 105 cm³/mol. The highest BCUT2D eigenvalue weighted by Crippen LogP contribution is 2.31. The normalized spacial score (nSPS) is 16.2. The first kappa shape index (κ1) is 19.9. The molecule has 9 heteroatoms. The van der Waals surface area contributed by atoms with Gasteiger partial charge in [-0.2, -0.15) is 4.31 Å². The molecule has 1 amide bonds. The van der Waals surface area contributed by atoms with Crippen molar-refractivity contribution in [2.45, 2.75) is 17.7 Å². The zero-order chi connectivity index (χ0) is 19.6. The Balaban J connectivity index is 1.67.